The first-order valence-corrected chi connectivity index (χ1v) is 9.23. The van der Waals surface area contributed by atoms with E-state index in [4.69, 9.17) is 4.74 Å². The topological polar surface area (TPSA) is 46.5 Å². The molecule has 138 valence electrons. The standard InChI is InChI=1S/C22H19FO3S/c1-26-18-11-13-19(14-12-18)27-22(25)20(23)21(24)17-9-7-16(8-10-17)15-5-3-2-4-6-15/h2-14,20-21,24H,1H3/t20-,21-/m0/s1. The number of aliphatic hydroxyl groups is 1. The van der Waals surface area contributed by atoms with Crippen molar-refractivity contribution in [3.8, 4) is 16.9 Å². The highest BCUT2D eigenvalue weighted by Crippen LogP contribution is 2.30. The van der Waals surface area contributed by atoms with Crippen LogP contribution in [0.25, 0.3) is 11.1 Å². The largest absolute Gasteiger partial charge is 0.497 e. The van der Waals surface area contributed by atoms with Crippen molar-refractivity contribution >= 4 is 16.9 Å². The maximum Gasteiger partial charge on any atom is 0.230 e. The number of hydrogen-bond donors (Lipinski definition) is 1. The van der Waals surface area contributed by atoms with E-state index in [0.29, 0.717) is 16.2 Å². The van der Waals surface area contributed by atoms with Crippen molar-refractivity contribution in [1.29, 1.82) is 0 Å². The molecule has 3 aromatic carbocycles. The third kappa shape index (κ3) is 4.76. The van der Waals surface area contributed by atoms with Crippen LogP contribution in [-0.4, -0.2) is 23.5 Å². The van der Waals surface area contributed by atoms with Gasteiger partial charge in [0.25, 0.3) is 0 Å². The monoisotopic (exact) mass is 382 g/mol. The molecule has 0 fully saturated rings. The van der Waals surface area contributed by atoms with E-state index < -0.39 is 17.4 Å². The van der Waals surface area contributed by atoms with E-state index >= 15 is 0 Å². The van der Waals surface area contributed by atoms with E-state index in [1.807, 2.05) is 42.5 Å². The van der Waals surface area contributed by atoms with Crippen LogP contribution in [0.4, 0.5) is 4.39 Å². The minimum atomic E-state index is -2.01. The predicted octanol–water partition coefficient (Wildman–Crippen LogP) is 5.05. The summed E-state index contributed by atoms with van der Waals surface area (Å²) in [5.74, 6) is 0.655. The molecule has 3 nitrogen and oxygen atoms in total. The Balaban J connectivity index is 1.66. The van der Waals surface area contributed by atoms with E-state index in [1.54, 1.807) is 43.5 Å². The van der Waals surface area contributed by atoms with Gasteiger partial charge >= 0.3 is 0 Å². The summed E-state index contributed by atoms with van der Waals surface area (Å²) in [6.45, 7) is 0. The molecule has 0 bridgehead atoms. The average Bonchev–Trinajstić information content (AvgIpc) is 2.74. The van der Waals surface area contributed by atoms with Gasteiger partial charge in [-0.2, -0.15) is 0 Å². The Hall–Kier alpha value is -2.63. The smallest absolute Gasteiger partial charge is 0.230 e. The third-order valence-electron chi connectivity index (χ3n) is 4.14. The second-order valence-corrected chi connectivity index (χ2v) is 7.01. The highest BCUT2D eigenvalue weighted by Gasteiger charge is 2.28. The maximum absolute atomic E-state index is 14.5. The van der Waals surface area contributed by atoms with Crippen molar-refractivity contribution in [3.05, 3.63) is 84.4 Å². The maximum atomic E-state index is 14.5. The molecule has 2 atom stereocenters. The summed E-state index contributed by atoms with van der Waals surface area (Å²) in [5, 5.41) is 9.52. The number of carbonyl (C=O) groups is 1. The lowest BCUT2D eigenvalue weighted by atomic mass is 10.0. The average molecular weight is 382 g/mol. The second-order valence-electron chi connectivity index (χ2n) is 5.93. The molecule has 0 heterocycles. The molecular weight excluding hydrogens is 363 g/mol. The van der Waals surface area contributed by atoms with Crippen LogP contribution < -0.4 is 4.74 Å². The van der Waals surface area contributed by atoms with Gasteiger partial charge in [0.15, 0.2) is 6.17 Å². The van der Waals surface area contributed by atoms with Crippen LogP contribution in [0.15, 0.2) is 83.8 Å². The number of thioether (sulfide) groups is 1. The molecule has 3 aromatic rings. The van der Waals surface area contributed by atoms with Gasteiger partial charge in [0.2, 0.25) is 5.12 Å². The zero-order valence-electron chi connectivity index (χ0n) is 14.7. The lowest BCUT2D eigenvalue weighted by Crippen LogP contribution is -2.21. The molecule has 5 heteroatoms. The number of carbonyl (C=O) groups excluding carboxylic acids is 1. The van der Waals surface area contributed by atoms with Gasteiger partial charge in [0.05, 0.1) is 7.11 Å². The summed E-state index contributed by atoms with van der Waals surface area (Å²) in [5.41, 5.74) is 2.35. The van der Waals surface area contributed by atoms with Crippen LogP contribution in [0.2, 0.25) is 0 Å². The molecule has 27 heavy (non-hydrogen) atoms. The second kappa shape index (κ2) is 8.84. The summed E-state index contributed by atoms with van der Waals surface area (Å²) < 4.78 is 19.5. The minimum Gasteiger partial charge on any atom is -0.497 e. The molecule has 1 N–H and O–H groups in total. The molecule has 0 radical (unpaired) electrons. The summed E-state index contributed by atoms with van der Waals surface area (Å²) >= 11 is 0.764. The molecule has 0 unspecified atom stereocenters. The van der Waals surface area contributed by atoms with E-state index in [1.165, 1.54) is 0 Å². The Bertz CT molecular complexity index is 880. The molecule has 0 saturated heterocycles. The number of aliphatic hydroxyl groups excluding tert-OH is 1. The molecule has 3 rings (SSSR count). The summed E-state index contributed by atoms with van der Waals surface area (Å²) in [7, 11) is 1.55. The number of rotatable bonds is 6. The van der Waals surface area contributed by atoms with Crippen molar-refractivity contribution in [2.45, 2.75) is 17.2 Å². The molecule has 0 aliphatic rings. The van der Waals surface area contributed by atoms with E-state index in [-0.39, 0.29) is 0 Å². The molecule has 0 saturated carbocycles. The fourth-order valence-corrected chi connectivity index (χ4v) is 3.36. The molecule has 0 spiro atoms. The van der Waals surface area contributed by atoms with Crippen molar-refractivity contribution in [1.82, 2.24) is 0 Å². The number of benzene rings is 3. The zero-order chi connectivity index (χ0) is 19.2. The Morgan fingerprint density at radius 2 is 1.52 bits per heavy atom. The number of methoxy groups -OCH3 is 1. The van der Waals surface area contributed by atoms with Crippen LogP contribution in [0, 0.1) is 0 Å². The first-order valence-electron chi connectivity index (χ1n) is 8.42. The van der Waals surface area contributed by atoms with Crippen LogP contribution in [0.3, 0.4) is 0 Å². The lowest BCUT2D eigenvalue weighted by Gasteiger charge is -2.15. The molecule has 0 amide bonds. The number of alkyl halides is 1. The summed E-state index contributed by atoms with van der Waals surface area (Å²) in [4.78, 5) is 12.8. The van der Waals surface area contributed by atoms with Gasteiger partial charge in [0.1, 0.15) is 11.9 Å². The Labute approximate surface area is 161 Å². The molecular formula is C22H19FO3S. The lowest BCUT2D eigenvalue weighted by molar-refractivity contribution is -0.119. The Morgan fingerprint density at radius 1 is 0.926 bits per heavy atom. The fraction of sp³-hybridized carbons (Fsp3) is 0.136. The highest BCUT2D eigenvalue weighted by atomic mass is 32.2. The van der Waals surface area contributed by atoms with Gasteiger partial charge in [-0.3, -0.25) is 4.79 Å². The number of hydrogen-bond acceptors (Lipinski definition) is 4. The van der Waals surface area contributed by atoms with Crippen molar-refractivity contribution < 1.29 is 19.0 Å². The third-order valence-corrected chi connectivity index (χ3v) is 5.07. The van der Waals surface area contributed by atoms with Crippen LogP contribution in [0.5, 0.6) is 5.75 Å². The van der Waals surface area contributed by atoms with Gasteiger partial charge in [0, 0.05) is 4.90 Å². The first-order chi connectivity index (χ1) is 13.1. The van der Waals surface area contributed by atoms with E-state index in [2.05, 4.69) is 0 Å². The molecule has 0 aliphatic heterocycles. The minimum absolute atomic E-state index is 0.367. The van der Waals surface area contributed by atoms with Crippen LogP contribution in [0.1, 0.15) is 11.7 Å². The van der Waals surface area contributed by atoms with Gasteiger partial charge in [-0.1, -0.05) is 54.6 Å². The van der Waals surface area contributed by atoms with Crippen LogP contribution >= 0.6 is 11.8 Å². The summed E-state index contributed by atoms with van der Waals surface area (Å²) in [6.07, 6.45) is -3.52. The molecule has 0 aromatic heterocycles. The highest BCUT2D eigenvalue weighted by molar-refractivity contribution is 8.13. The number of halogens is 1. The van der Waals surface area contributed by atoms with Gasteiger partial charge < -0.3 is 9.84 Å². The normalized spacial score (nSPS) is 13.0. The number of ether oxygens (including phenoxy) is 1. The van der Waals surface area contributed by atoms with Crippen molar-refractivity contribution in [2.24, 2.45) is 0 Å². The van der Waals surface area contributed by atoms with Crippen molar-refractivity contribution in [2.75, 3.05) is 7.11 Å². The molecule has 0 aliphatic carbocycles. The predicted molar refractivity (Wildman–Crippen MR) is 106 cm³/mol. The van der Waals surface area contributed by atoms with E-state index in [0.717, 1.165) is 22.9 Å². The fourth-order valence-electron chi connectivity index (χ4n) is 2.62. The SMILES string of the molecule is COc1ccc(SC(=O)[C@@H](F)[C@@H](O)c2ccc(-c3ccccc3)cc2)cc1. The van der Waals surface area contributed by atoms with Gasteiger partial charge in [-0.05, 0) is 52.7 Å². The Morgan fingerprint density at radius 3 is 2.11 bits per heavy atom. The van der Waals surface area contributed by atoms with Crippen LogP contribution in [-0.2, 0) is 4.79 Å². The van der Waals surface area contributed by atoms with Crippen molar-refractivity contribution in [3.63, 3.8) is 0 Å². The Kier molecular flexibility index (Phi) is 6.27. The zero-order valence-corrected chi connectivity index (χ0v) is 15.5. The first kappa shape index (κ1) is 19.1. The van der Waals surface area contributed by atoms with Gasteiger partial charge in [-0.15, -0.1) is 0 Å². The van der Waals surface area contributed by atoms with Gasteiger partial charge in [-0.25, -0.2) is 4.39 Å². The summed E-state index contributed by atoms with van der Waals surface area (Å²) in [6, 6.07) is 23.4. The quantitative estimate of drug-likeness (QED) is 0.606. The van der Waals surface area contributed by atoms with E-state index in [9.17, 15) is 14.3 Å².